The number of aliphatic imine (C=N–C) groups is 3. The van der Waals surface area contributed by atoms with Gasteiger partial charge in [-0.05, 0) is 52.4 Å². The third-order valence-electron chi connectivity index (χ3n) is 6.01. The molecule has 3 N–H and O–H groups in total. The lowest BCUT2D eigenvalue weighted by atomic mass is 10.1. The van der Waals surface area contributed by atoms with Crippen molar-refractivity contribution in [2.75, 3.05) is 71.2 Å². The van der Waals surface area contributed by atoms with E-state index in [0.717, 1.165) is 5.06 Å². The summed E-state index contributed by atoms with van der Waals surface area (Å²) in [5.41, 5.74) is 0. The summed E-state index contributed by atoms with van der Waals surface area (Å²) in [6.07, 6.45) is 5.30. The van der Waals surface area contributed by atoms with E-state index in [0.29, 0.717) is 50.3 Å². The van der Waals surface area contributed by atoms with Crippen LogP contribution in [0, 0.1) is 0 Å². The molecule has 0 saturated carbocycles. The summed E-state index contributed by atoms with van der Waals surface area (Å²) in [5.74, 6) is -0.326. The third kappa shape index (κ3) is 26.8. The molecule has 18 nitrogen and oxygen atoms in total. The maximum absolute atomic E-state index is 12.0. The Kier molecular flexibility index (Phi) is 26.9. The fraction of sp³-hybridized carbons (Fsp3) is 0.759. The number of nitrogens with one attached hydrogen (secondary N) is 2. The molecule has 49 heavy (non-hydrogen) atoms. The number of ether oxygens (including phenoxy) is 4. The number of nitrogens with zero attached hydrogens (tertiary/aromatic N) is 4. The van der Waals surface area contributed by atoms with Crippen LogP contribution in [0.2, 0.25) is 0 Å². The molecule has 0 aliphatic rings. The van der Waals surface area contributed by atoms with Gasteiger partial charge in [-0.15, -0.1) is 23.5 Å². The van der Waals surface area contributed by atoms with Crippen molar-refractivity contribution in [2.24, 2.45) is 15.0 Å². The molecule has 276 valence electrons. The summed E-state index contributed by atoms with van der Waals surface area (Å²) in [7, 11) is 1.40. The molecule has 0 aromatic rings. The lowest BCUT2D eigenvalue weighted by molar-refractivity contribution is -0.149. The number of isocyanates is 3. The molecule has 0 spiro atoms. The van der Waals surface area contributed by atoms with Crippen LogP contribution in [0.25, 0.3) is 0 Å². The van der Waals surface area contributed by atoms with Gasteiger partial charge in [0.1, 0.15) is 26.4 Å². The van der Waals surface area contributed by atoms with Crippen molar-refractivity contribution >= 4 is 65.9 Å². The van der Waals surface area contributed by atoms with Crippen LogP contribution in [-0.2, 0) is 42.9 Å². The van der Waals surface area contributed by atoms with Crippen molar-refractivity contribution in [3.05, 3.63) is 0 Å². The summed E-state index contributed by atoms with van der Waals surface area (Å²) >= 11 is 3.15. The molecule has 0 aliphatic heterocycles. The van der Waals surface area contributed by atoms with Gasteiger partial charge in [-0.2, -0.15) is 15.0 Å². The van der Waals surface area contributed by atoms with Crippen LogP contribution in [0.15, 0.2) is 15.0 Å². The second-order valence-corrected chi connectivity index (χ2v) is 14.1. The number of likely N-dealkylation sites (N-methyl/N-ethyl adjacent to an activating group) is 1. The molecule has 2 amide bonds. The number of unbranched alkanes of at least 4 members (excludes halogenated alkanes) is 2. The van der Waals surface area contributed by atoms with E-state index in [4.69, 9.17) is 24.2 Å². The number of esters is 2. The van der Waals surface area contributed by atoms with Crippen LogP contribution in [0.1, 0.15) is 52.4 Å². The first-order valence-electron chi connectivity index (χ1n) is 15.5. The highest BCUT2D eigenvalue weighted by molar-refractivity contribution is 8.18. The summed E-state index contributed by atoms with van der Waals surface area (Å²) in [6, 6.07) is -2.01. The Morgan fingerprint density at radius 1 is 0.735 bits per heavy atom. The van der Waals surface area contributed by atoms with Gasteiger partial charge in [0.25, 0.3) is 0 Å². The van der Waals surface area contributed by atoms with Crippen LogP contribution < -0.4 is 10.6 Å². The molecular weight excluding hydrogens is 688 g/mol. The molecule has 2 unspecified atom stereocenters. The summed E-state index contributed by atoms with van der Waals surface area (Å²) < 4.78 is 20.0. The lowest BCUT2D eigenvalue weighted by Gasteiger charge is -2.23. The van der Waals surface area contributed by atoms with Crippen LogP contribution in [0.3, 0.4) is 0 Å². The van der Waals surface area contributed by atoms with Crippen LogP contribution in [0.5, 0.6) is 0 Å². The molecule has 0 fully saturated rings. The predicted octanol–water partition coefficient (Wildman–Crippen LogP) is 2.13. The highest BCUT2D eigenvalue weighted by Crippen LogP contribution is 2.35. The van der Waals surface area contributed by atoms with Crippen LogP contribution in [0.4, 0.5) is 9.59 Å². The van der Waals surface area contributed by atoms with Crippen molar-refractivity contribution in [1.29, 1.82) is 0 Å². The maximum atomic E-state index is 12.0. The van der Waals surface area contributed by atoms with E-state index in [1.165, 1.54) is 25.3 Å². The fourth-order valence-electron chi connectivity index (χ4n) is 3.60. The van der Waals surface area contributed by atoms with E-state index in [1.807, 2.05) is 13.8 Å². The van der Waals surface area contributed by atoms with E-state index >= 15 is 0 Å². The average Bonchev–Trinajstić information content (AvgIpc) is 3.05. The van der Waals surface area contributed by atoms with E-state index in [9.17, 15) is 33.6 Å². The second kappa shape index (κ2) is 29.2. The fourth-order valence-corrected chi connectivity index (χ4v) is 5.75. The number of hydroxylamine groups is 2. The molecule has 0 aliphatic carbocycles. The van der Waals surface area contributed by atoms with Gasteiger partial charge in [0.15, 0.2) is 12.1 Å². The zero-order valence-corrected chi connectivity index (χ0v) is 29.6. The first-order chi connectivity index (χ1) is 23.4. The van der Waals surface area contributed by atoms with Crippen molar-refractivity contribution in [1.82, 2.24) is 15.7 Å². The highest BCUT2D eigenvalue weighted by Gasteiger charge is 2.21. The van der Waals surface area contributed by atoms with Crippen molar-refractivity contribution in [2.45, 2.75) is 68.5 Å². The Balaban J connectivity index is 4.00. The number of carbonyl (C=O) groups is 4. The highest BCUT2D eigenvalue weighted by atomic mass is 32.2. The molecular formula is C29H46N6O12S2. The monoisotopic (exact) mass is 734 g/mol. The van der Waals surface area contributed by atoms with Gasteiger partial charge in [0.2, 0.25) is 18.2 Å². The van der Waals surface area contributed by atoms with E-state index < -0.39 is 36.2 Å². The number of amides is 2. The number of thioether (sulfide) groups is 2. The van der Waals surface area contributed by atoms with E-state index in [2.05, 4.69) is 25.6 Å². The van der Waals surface area contributed by atoms with Gasteiger partial charge in [0.05, 0.1) is 17.2 Å². The smallest absolute Gasteiger partial charge is 0.407 e. The molecule has 0 bridgehead atoms. The average molecular weight is 735 g/mol. The largest absolute Gasteiger partial charge is 0.463 e. The Morgan fingerprint density at radius 2 is 1.20 bits per heavy atom. The van der Waals surface area contributed by atoms with Crippen molar-refractivity contribution < 1.29 is 57.7 Å². The minimum atomic E-state index is -1.02. The first kappa shape index (κ1) is 45.2. The Bertz CT molecular complexity index is 1140. The SMILES string of the molecule is CN(O)CCOC(=O)C(CCCCNC(=O)OCCSC(C)(C)SCCOC(=O)NCCCCC(N=C=O)C(=O)OCCN=C=O)N=C=O. The second-order valence-electron chi connectivity index (χ2n) is 10.4. The number of alkyl carbamates (subject to hydrolysis) is 2. The Morgan fingerprint density at radius 3 is 1.63 bits per heavy atom. The Labute approximate surface area is 293 Å². The quantitative estimate of drug-likeness (QED) is 0.0198. The standard InChI is InChI=1S/C29H46N6O12S2/c1-29(2,48-18-16-46-27(41)31-10-6-4-8-23(33-21-37)25(39)44-14-12-30-20-36)49-19-17-47-28(42)32-11-7-5-9-24(34-22-38)26(40)45-15-13-35(3)43/h23-24,43H,4-19H2,1-3H3,(H,31,41)(H,32,42). The molecule has 0 aromatic heterocycles. The Hall–Kier alpha value is -3.76. The maximum Gasteiger partial charge on any atom is 0.407 e. The zero-order valence-electron chi connectivity index (χ0n) is 28.0. The summed E-state index contributed by atoms with van der Waals surface area (Å²) in [4.78, 5) is 89.2. The molecule has 2 atom stereocenters. The van der Waals surface area contributed by atoms with Gasteiger partial charge in [-0.3, -0.25) is 0 Å². The van der Waals surface area contributed by atoms with Gasteiger partial charge >= 0.3 is 24.1 Å². The van der Waals surface area contributed by atoms with Crippen LogP contribution in [-0.4, -0.2) is 140 Å². The minimum Gasteiger partial charge on any atom is -0.463 e. The van der Waals surface area contributed by atoms with Gasteiger partial charge < -0.3 is 34.8 Å². The minimum absolute atomic E-state index is 0.0344. The molecule has 0 rings (SSSR count). The van der Waals surface area contributed by atoms with E-state index in [1.54, 1.807) is 23.5 Å². The molecule has 0 saturated heterocycles. The first-order valence-corrected chi connectivity index (χ1v) is 17.4. The number of rotatable bonds is 28. The van der Waals surface area contributed by atoms with Gasteiger partial charge in [-0.25, -0.2) is 38.6 Å². The number of hydrogen-bond acceptors (Lipinski definition) is 18. The normalized spacial score (nSPS) is 11.9. The van der Waals surface area contributed by atoms with Gasteiger partial charge in [0, 0.05) is 31.6 Å². The van der Waals surface area contributed by atoms with Crippen molar-refractivity contribution in [3.8, 4) is 0 Å². The molecule has 0 heterocycles. The molecule has 0 aromatic carbocycles. The summed E-state index contributed by atoms with van der Waals surface area (Å²) in [6.45, 7) is 4.87. The van der Waals surface area contributed by atoms with E-state index in [-0.39, 0.29) is 56.4 Å². The summed E-state index contributed by atoms with van der Waals surface area (Å²) in [5, 5.41) is 15.2. The third-order valence-corrected chi connectivity index (χ3v) is 8.85. The molecule has 20 heteroatoms. The predicted molar refractivity (Wildman–Crippen MR) is 179 cm³/mol. The lowest BCUT2D eigenvalue weighted by Crippen LogP contribution is -2.28. The number of hydrogen-bond donors (Lipinski definition) is 3. The van der Waals surface area contributed by atoms with Gasteiger partial charge in [-0.1, -0.05) is 0 Å². The zero-order chi connectivity index (χ0) is 36.8. The van der Waals surface area contributed by atoms with Crippen molar-refractivity contribution in [3.63, 3.8) is 0 Å². The van der Waals surface area contributed by atoms with Crippen LogP contribution >= 0.6 is 23.5 Å². The number of carbonyl (C=O) groups excluding carboxylic acids is 7. The topological polar surface area (TPSA) is 241 Å². The molecule has 0 radical (unpaired) electrons.